The maximum absolute atomic E-state index is 12.7. The van der Waals surface area contributed by atoms with Crippen molar-refractivity contribution < 1.29 is 23.9 Å². The van der Waals surface area contributed by atoms with Gasteiger partial charge in [-0.15, -0.1) is 15.1 Å². The zero-order valence-electron chi connectivity index (χ0n) is 13.4. The van der Waals surface area contributed by atoms with E-state index in [9.17, 15) is 19.3 Å². The summed E-state index contributed by atoms with van der Waals surface area (Å²) in [6.45, 7) is 2.31. The number of carbonyl (C=O) groups excluding carboxylic acids is 3. The highest BCUT2D eigenvalue weighted by Gasteiger charge is 2.59. The summed E-state index contributed by atoms with van der Waals surface area (Å²) in [6.07, 6.45) is 0. The minimum absolute atomic E-state index is 0.294. The Bertz CT molecular complexity index is 775. The van der Waals surface area contributed by atoms with Crippen molar-refractivity contribution in [2.45, 2.75) is 13.0 Å². The molecule has 1 saturated heterocycles. The van der Waals surface area contributed by atoms with E-state index in [1.54, 1.807) is 12.1 Å². The van der Waals surface area contributed by atoms with Crippen LogP contribution in [0.15, 0.2) is 34.7 Å². The number of hydrogen-bond acceptors (Lipinski definition) is 8. The smallest absolute Gasteiger partial charge is 0.355 e. The molecule has 2 atom stereocenters. The molecule has 2 heterocycles. The molecule has 25 heavy (non-hydrogen) atoms. The van der Waals surface area contributed by atoms with Crippen molar-refractivity contribution in [3.8, 4) is 5.75 Å². The Labute approximate surface area is 141 Å². The molecular weight excluding hydrogens is 332 g/mol. The van der Waals surface area contributed by atoms with Gasteiger partial charge in [0.15, 0.2) is 11.8 Å². The van der Waals surface area contributed by atoms with Crippen LogP contribution in [0.5, 0.6) is 5.75 Å². The minimum Gasteiger partial charge on any atom is -0.494 e. The fraction of sp³-hybridized carbons (Fsp3) is 0.333. The SMILES string of the molecule is CCOc1ccc(N2C(=O)[C@@H]3C(C(=O)OC)=NN(N=O)[C@H]3C2=O)cc1. The number of carbonyl (C=O) groups is 3. The van der Waals surface area contributed by atoms with Gasteiger partial charge in [0.25, 0.3) is 5.91 Å². The number of rotatable bonds is 5. The highest BCUT2D eigenvalue weighted by Crippen LogP contribution is 2.35. The van der Waals surface area contributed by atoms with E-state index in [4.69, 9.17) is 4.74 Å². The molecule has 2 amide bonds. The van der Waals surface area contributed by atoms with Crippen LogP contribution in [-0.4, -0.2) is 48.4 Å². The Morgan fingerprint density at radius 1 is 1.24 bits per heavy atom. The lowest BCUT2D eigenvalue weighted by molar-refractivity contribution is -0.133. The summed E-state index contributed by atoms with van der Waals surface area (Å²) in [4.78, 5) is 49.0. The molecule has 10 heteroatoms. The summed E-state index contributed by atoms with van der Waals surface area (Å²) in [5.74, 6) is -2.91. The van der Waals surface area contributed by atoms with Crippen LogP contribution in [0.1, 0.15) is 6.92 Å². The first-order chi connectivity index (χ1) is 12.0. The lowest BCUT2D eigenvalue weighted by atomic mass is 9.98. The van der Waals surface area contributed by atoms with Gasteiger partial charge in [-0.25, -0.2) is 9.69 Å². The monoisotopic (exact) mass is 346 g/mol. The molecule has 0 spiro atoms. The lowest BCUT2D eigenvalue weighted by Gasteiger charge is -2.17. The van der Waals surface area contributed by atoms with Gasteiger partial charge in [0.1, 0.15) is 11.7 Å². The summed E-state index contributed by atoms with van der Waals surface area (Å²) >= 11 is 0. The molecule has 0 unspecified atom stereocenters. The molecule has 1 aromatic carbocycles. The third-order valence-electron chi connectivity index (χ3n) is 3.91. The van der Waals surface area contributed by atoms with E-state index in [2.05, 4.69) is 15.1 Å². The van der Waals surface area contributed by atoms with Crippen molar-refractivity contribution in [1.82, 2.24) is 5.12 Å². The molecular formula is C15H14N4O6. The van der Waals surface area contributed by atoms with Gasteiger partial charge in [-0.1, -0.05) is 0 Å². The standard InChI is InChI=1S/C15H14N4O6/c1-3-25-9-6-4-8(5-7-9)18-13(20)10-11(15(22)24-2)16-19(17-23)12(10)14(18)21/h4-7,10,12H,3H2,1-2H3/t10-,12-/m1/s1. The van der Waals surface area contributed by atoms with Crippen LogP contribution in [0.2, 0.25) is 0 Å². The maximum Gasteiger partial charge on any atom is 0.355 e. The molecule has 130 valence electrons. The predicted octanol–water partition coefficient (Wildman–Crippen LogP) is 0.469. The average molecular weight is 346 g/mol. The molecule has 10 nitrogen and oxygen atoms in total. The molecule has 1 fully saturated rings. The van der Waals surface area contributed by atoms with Crippen molar-refractivity contribution in [3.05, 3.63) is 29.2 Å². The topological polar surface area (TPSA) is 118 Å². The molecule has 2 aliphatic heterocycles. The van der Waals surface area contributed by atoms with E-state index < -0.39 is 29.7 Å². The fourth-order valence-corrected chi connectivity index (χ4v) is 2.84. The van der Waals surface area contributed by atoms with E-state index in [0.29, 0.717) is 23.2 Å². The second kappa shape index (κ2) is 6.30. The number of fused-ring (bicyclic) bond motifs is 1. The van der Waals surface area contributed by atoms with Gasteiger partial charge in [-0.3, -0.25) is 9.59 Å². The third kappa shape index (κ3) is 2.51. The van der Waals surface area contributed by atoms with Crippen LogP contribution >= 0.6 is 0 Å². The van der Waals surface area contributed by atoms with Gasteiger partial charge in [-0.2, -0.15) is 0 Å². The number of hydrogen-bond donors (Lipinski definition) is 0. The third-order valence-corrected chi connectivity index (χ3v) is 3.91. The highest BCUT2D eigenvalue weighted by molar-refractivity contribution is 6.46. The summed E-state index contributed by atoms with van der Waals surface area (Å²) < 4.78 is 9.88. The van der Waals surface area contributed by atoms with Gasteiger partial charge in [-0.05, 0) is 31.2 Å². The van der Waals surface area contributed by atoms with Gasteiger partial charge >= 0.3 is 5.97 Å². The normalized spacial score (nSPS) is 21.9. The Balaban J connectivity index is 1.96. The number of nitrogens with zero attached hydrogens (tertiary/aromatic N) is 4. The van der Waals surface area contributed by atoms with Gasteiger partial charge in [0, 0.05) is 0 Å². The Morgan fingerprint density at radius 3 is 2.48 bits per heavy atom. The molecule has 0 N–H and O–H groups in total. The molecule has 0 saturated carbocycles. The van der Waals surface area contributed by atoms with Gasteiger partial charge in [0.2, 0.25) is 5.91 Å². The van der Waals surface area contributed by atoms with Crippen LogP contribution in [-0.2, 0) is 19.1 Å². The second-order valence-corrected chi connectivity index (χ2v) is 5.24. The average Bonchev–Trinajstić information content (AvgIpc) is 3.13. The number of esters is 1. The zero-order chi connectivity index (χ0) is 18.1. The first-order valence-corrected chi connectivity index (χ1v) is 7.43. The summed E-state index contributed by atoms with van der Waals surface area (Å²) in [5, 5.41) is 6.79. The summed E-state index contributed by atoms with van der Waals surface area (Å²) in [7, 11) is 1.11. The number of imide groups is 1. The van der Waals surface area contributed by atoms with Crippen LogP contribution in [0.3, 0.4) is 0 Å². The van der Waals surface area contributed by atoms with E-state index in [0.717, 1.165) is 12.0 Å². The number of amides is 2. The largest absolute Gasteiger partial charge is 0.494 e. The first-order valence-electron chi connectivity index (χ1n) is 7.43. The number of benzene rings is 1. The van der Waals surface area contributed by atoms with Crippen LogP contribution in [0.25, 0.3) is 0 Å². The minimum atomic E-state index is -1.29. The predicted molar refractivity (Wildman–Crippen MR) is 84.5 cm³/mol. The first kappa shape index (κ1) is 16.6. The Morgan fingerprint density at radius 2 is 1.92 bits per heavy atom. The van der Waals surface area contributed by atoms with Crippen molar-refractivity contribution in [2.24, 2.45) is 16.3 Å². The van der Waals surface area contributed by atoms with E-state index in [-0.39, 0.29) is 5.71 Å². The number of hydrazone groups is 1. The van der Waals surface area contributed by atoms with Gasteiger partial charge in [0.05, 0.1) is 24.7 Å². The van der Waals surface area contributed by atoms with Crippen LogP contribution < -0.4 is 9.64 Å². The van der Waals surface area contributed by atoms with Crippen molar-refractivity contribution in [1.29, 1.82) is 0 Å². The molecule has 0 bridgehead atoms. The van der Waals surface area contributed by atoms with Crippen molar-refractivity contribution in [3.63, 3.8) is 0 Å². The molecule has 0 radical (unpaired) electrons. The maximum atomic E-state index is 12.7. The van der Waals surface area contributed by atoms with Crippen LogP contribution in [0.4, 0.5) is 5.69 Å². The van der Waals surface area contributed by atoms with Crippen LogP contribution in [0, 0.1) is 10.8 Å². The van der Waals surface area contributed by atoms with Gasteiger partial charge < -0.3 is 9.47 Å². The molecule has 1 aromatic rings. The number of anilines is 1. The number of nitroso groups, excluding NO2 is 1. The Hall–Kier alpha value is -3.30. The van der Waals surface area contributed by atoms with Crippen molar-refractivity contribution >= 4 is 29.2 Å². The zero-order valence-corrected chi connectivity index (χ0v) is 13.4. The molecule has 0 aliphatic carbocycles. The quantitative estimate of drug-likeness (QED) is 0.432. The Kier molecular flexibility index (Phi) is 4.17. The molecule has 0 aromatic heterocycles. The molecule has 3 rings (SSSR count). The second-order valence-electron chi connectivity index (χ2n) is 5.24. The van der Waals surface area contributed by atoms with E-state index in [1.807, 2.05) is 6.92 Å². The fourth-order valence-electron chi connectivity index (χ4n) is 2.84. The summed E-state index contributed by atoms with van der Waals surface area (Å²) in [6, 6.07) is 5.01. The highest BCUT2D eigenvalue weighted by atomic mass is 16.5. The van der Waals surface area contributed by atoms with Crippen molar-refractivity contribution in [2.75, 3.05) is 18.6 Å². The molecule has 2 aliphatic rings. The summed E-state index contributed by atoms with van der Waals surface area (Å²) in [5.41, 5.74) is -0.0261. The number of ether oxygens (including phenoxy) is 2. The van der Waals surface area contributed by atoms with E-state index >= 15 is 0 Å². The lowest BCUT2D eigenvalue weighted by Crippen LogP contribution is -2.36. The number of methoxy groups -OCH3 is 1. The van der Waals surface area contributed by atoms with E-state index in [1.165, 1.54) is 12.1 Å².